The summed E-state index contributed by atoms with van der Waals surface area (Å²) in [4.78, 5) is 26.2. The van der Waals surface area contributed by atoms with Crippen LogP contribution in [0.4, 0.5) is 26.9 Å². The zero-order valence-electron chi connectivity index (χ0n) is 10.6. The van der Waals surface area contributed by atoms with Gasteiger partial charge in [-0.2, -0.15) is 0 Å². The number of nitrogens with one attached hydrogen (secondary N) is 2. The molecule has 1 aromatic heterocycles. The van der Waals surface area contributed by atoms with Gasteiger partial charge in [0.25, 0.3) is 0 Å². The summed E-state index contributed by atoms with van der Waals surface area (Å²) in [5, 5.41) is 4.62. The maximum atomic E-state index is 11.2. The van der Waals surface area contributed by atoms with E-state index in [0.29, 0.717) is 0 Å². The first-order chi connectivity index (χ1) is 9.01. The van der Waals surface area contributed by atoms with E-state index < -0.39 is 12.2 Å². The average Bonchev–Trinajstić information content (AvgIpc) is 2.41. The lowest BCUT2D eigenvalue weighted by molar-refractivity contribution is 0.186. The summed E-state index contributed by atoms with van der Waals surface area (Å²) in [6, 6.07) is 1.39. The summed E-state index contributed by atoms with van der Waals surface area (Å²) in [6.45, 7) is 0. The molecule has 0 aliphatic rings. The molecule has 0 aliphatic carbocycles. The van der Waals surface area contributed by atoms with Crippen LogP contribution >= 0.6 is 0 Å². The van der Waals surface area contributed by atoms with E-state index >= 15 is 0 Å². The van der Waals surface area contributed by atoms with Gasteiger partial charge in [0, 0.05) is 6.07 Å². The Balaban J connectivity index is 3.09. The molecule has 0 aromatic carbocycles. The molecule has 1 heterocycles. The maximum Gasteiger partial charge on any atom is 0.412 e. The Bertz CT molecular complexity index is 491. The van der Waals surface area contributed by atoms with Crippen molar-refractivity contribution in [3.63, 3.8) is 0 Å². The highest BCUT2D eigenvalue weighted by Gasteiger charge is 2.15. The van der Waals surface area contributed by atoms with Gasteiger partial charge in [0.15, 0.2) is 17.4 Å². The molecule has 0 atom stereocenters. The number of carbonyl (C=O) groups is 2. The fourth-order valence-corrected chi connectivity index (χ4v) is 1.15. The largest absolute Gasteiger partial charge is 0.493 e. The second-order valence-electron chi connectivity index (χ2n) is 3.21. The third-order valence-corrected chi connectivity index (χ3v) is 2.05. The first-order valence-electron chi connectivity index (χ1n) is 5.06. The third-order valence-electron chi connectivity index (χ3n) is 2.05. The van der Waals surface area contributed by atoms with E-state index in [4.69, 9.17) is 10.5 Å². The third kappa shape index (κ3) is 3.63. The van der Waals surface area contributed by atoms with Crippen LogP contribution in [-0.4, -0.2) is 38.5 Å². The van der Waals surface area contributed by atoms with Crippen LogP contribution in [0.15, 0.2) is 6.07 Å². The van der Waals surface area contributed by atoms with Gasteiger partial charge in [0.05, 0.1) is 27.0 Å². The Labute approximate surface area is 109 Å². The maximum absolute atomic E-state index is 11.2. The van der Waals surface area contributed by atoms with E-state index in [1.807, 2.05) is 0 Å². The topological polar surface area (TPSA) is 125 Å². The van der Waals surface area contributed by atoms with Crippen molar-refractivity contribution in [3.8, 4) is 5.75 Å². The van der Waals surface area contributed by atoms with Crippen molar-refractivity contribution in [1.82, 2.24) is 4.98 Å². The van der Waals surface area contributed by atoms with Gasteiger partial charge in [-0.15, -0.1) is 0 Å². The van der Waals surface area contributed by atoms with Crippen molar-refractivity contribution in [2.45, 2.75) is 0 Å². The number of pyridine rings is 1. The molecule has 0 spiro atoms. The van der Waals surface area contributed by atoms with Crippen molar-refractivity contribution >= 4 is 29.5 Å². The highest BCUT2D eigenvalue weighted by atomic mass is 16.5. The van der Waals surface area contributed by atoms with Crippen molar-refractivity contribution in [2.75, 3.05) is 37.7 Å². The highest BCUT2D eigenvalue weighted by Crippen LogP contribution is 2.29. The van der Waals surface area contributed by atoms with Gasteiger partial charge in [-0.25, -0.2) is 14.6 Å². The summed E-state index contributed by atoms with van der Waals surface area (Å²) in [6.07, 6.45) is -1.48. The monoisotopic (exact) mass is 270 g/mol. The van der Waals surface area contributed by atoms with Gasteiger partial charge >= 0.3 is 12.2 Å². The Morgan fingerprint density at radius 3 is 2.11 bits per heavy atom. The van der Waals surface area contributed by atoms with E-state index in [1.165, 1.54) is 27.4 Å². The summed E-state index contributed by atoms with van der Waals surface area (Å²) in [5.74, 6) is 0.298. The summed E-state index contributed by atoms with van der Waals surface area (Å²) in [5.41, 5.74) is 5.83. The van der Waals surface area contributed by atoms with Crippen LogP contribution < -0.4 is 21.1 Å². The van der Waals surface area contributed by atoms with Crippen LogP contribution in [0.3, 0.4) is 0 Å². The molecule has 9 heteroatoms. The quantitative estimate of drug-likeness (QED) is 0.748. The van der Waals surface area contributed by atoms with Crippen molar-refractivity contribution in [3.05, 3.63) is 6.07 Å². The molecule has 0 saturated heterocycles. The molecule has 0 radical (unpaired) electrons. The fourth-order valence-electron chi connectivity index (χ4n) is 1.15. The number of anilines is 3. The molecule has 9 nitrogen and oxygen atoms in total. The lowest BCUT2D eigenvalue weighted by atomic mass is 10.3. The second kappa shape index (κ2) is 6.28. The van der Waals surface area contributed by atoms with Crippen molar-refractivity contribution in [1.29, 1.82) is 0 Å². The van der Waals surface area contributed by atoms with Crippen LogP contribution in [0.25, 0.3) is 0 Å². The molecule has 0 bridgehead atoms. The van der Waals surface area contributed by atoms with Crippen LogP contribution in [0.1, 0.15) is 0 Å². The molecular formula is C10H14N4O5. The molecule has 4 N–H and O–H groups in total. The Morgan fingerprint density at radius 2 is 1.63 bits per heavy atom. The van der Waals surface area contributed by atoms with Crippen LogP contribution in [0.5, 0.6) is 5.75 Å². The number of rotatable bonds is 3. The van der Waals surface area contributed by atoms with Crippen LogP contribution in [-0.2, 0) is 9.47 Å². The van der Waals surface area contributed by atoms with Gasteiger partial charge in [-0.05, 0) is 0 Å². The smallest absolute Gasteiger partial charge is 0.412 e. The zero-order chi connectivity index (χ0) is 14.4. The number of nitrogen functional groups attached to an aromatic ring is 1. The number of carbonyl (C=O) groups excluding carboxylic acids is 2. The molecule has 2 amide bonds. The number of ether oxygens (including phenoxy) is 3. The zero-order valence-corrected chi connectivity index (χ0v) is 10.6. The van der Waals surface area contributed by atoms with Gasteiger partial charge < -0.3 is 19.9 Å². The minimum absolute atomic E-state index is 0.0269. The number of nitrogens with two attached hydrogens (primary N) is 1. The molecule has 0 aliphatic heterocycles. The van der Waals surface area contributed by atoms with E-state index in [2.05, 4.69) is 25.1 Å². The van der Waals surface area contributed by atoms with Crippen molar-refractivity contribution < 1.29 is 23.8 Å². The molecule has 1 rings (SSSR count). The SMILES string of the molecule is COC(=O)Nc1nc(NC(=O)OC)c(OC)cc1N. The average molecular weight is 270 g/mol. The standard InChI is InChI=1S/C10H14N4O5/c1-17-6-4-5(11)7(13-9(15)18-2)12-8(6)14-10(16)19-3/h4H,11H2,1-3H3,(H2,12,13,14,15,16). The predicted molar refractivity (Wildman–Crippen MR) is 67.3 cm³/mol. The number of nitrogens with zero attached hydrogens (tertiary/aromatic N) is 1. The summed E-state index contributed by atoms with van der Waals surface area (Å²) < 4.78 is 13.9. The Hall–Kier alpha value is -2.71. The van der Waals surface area contributed by atoms with E-state index in [-0.39, 0.29) is 23.1 Å². The van der Waals surface area contributed by atoms with Gasteiger partial charge in [-0.3, -0.25) is 10.6 Å². The molecule has 0 fully saturated rings. The number of amides is 2. The number of hydrogen-bond acceptors (Lipinski definition) is 7. The predicted octanol–water partition coefficient (Wildman–Crippen LogP) is 1.03. The lowest BCUT2D eigenvalue weighted by Crippen LogP contribution is -2.17. The minimum Gasteiger partial charge on any atom is -0.493 e. The van der Waals surface area contributed by atoms with Gasteiger partial charge in [-0.1, -0.05) is 0 Å². The number of aromatic nitrogens is 1. The molecule has 19 heavy (non-hydrogen) atoms. The first kappa shape index (κ1) is 14.4. The molecule has 104 valence electrons. The number of methoxy groups -OCH3 is 3. The second-order valence-corrected chi connectivity index (χ2v) is 3.21. The lowest BCUT2D eigenvalue weighted by Gasteiger charge is -2.12. The Morgan fingerprint density at radius 1 is 1.11 bits per heavy atom. The fraction of sp³-hybridized carbons (Fsp3) is 0.300. The van der Waals surface area contributed by atoms with Crippen LogP contribution in [0.2, 0.25) is 0 Å². The molecule has 0 unspecified atom stereocenters. The van der Waals surface area contributed by atoms with E-state index in [0.717, 1.165) is 0 Å². The van der Waals surface area contributed by atoms with Crippen molar-refractivity contribution in [2.24, 2.45) is 0 Å². The van der Waals surface area contributed by atoms with Crippen LogP contribution in [0, 0.1) is 0 Å². The highest BCUT2D eigenvalue weighted by molar-refractivity contribution is 5.90. The number of hydrogen-bond donors (Lipinski definition) is 3. The van der Waals surface area contributed by atoms with Gasteiger partial charge in [0.1, 0.15) is 0 Å². The minimum atomic E-state index is -0.742. The van der Waals surface area contributed by atoms with Gasteiger partial charge in [0.2, 0.25) is 0 Å². The molecule has 0 saturated carbocycles. The van der Waals surface area contributed by atoms with E-state index in [9.17, 15) is 9.59 Å². The van der Waals surface area contributed by atoms with E-state index in [1.54, 1.807) is 0 Å². The molecular weight excluding hydrogens is 256 g/mol. The Kier molecular flexibility index (Phi) is 4.75. The molecule has 1 aromatic rings. The summed E-state index contributed by atoms with van der Waals surface area (Å²) >= 11 is 0. The first-order valence-corrected chi connectivity index (χ1v) is 5.06. The summed E-state index contributed by atoms with van der Waals surface area (Å²) in [7, 11) is 3.78. The normalized spacial score (nSPS) is 9.42.